The molecule has 1 heterocycles. The number of pyridine rings is 1. The van der Waals surface area contributed by atoms with Crippen LogP contribution in [0.5, 0.6) is 5.88 Å². The fraction of sp³-hybridized carbons (Fsp3) is 0.600. The molecule has 2 rings (SSSR count). The summed E-state index contributed by atoms with van der Waals surface area (Å²) >= 11 is 0. The van der Waals surface area contributed by atoms with Gasteiger partial charge in [-0.05, 0) is 26.8 Å². The van der Waals surface area contributed by atoms with Gasteiger partial charge in [-0.1, -0.05) is 0 Å². The van der Waals surface area contributed by atoms with E-state index in [4.69, 9.17) is 15.2 Å². The van der Waals surface area contributed by atoms with Gasteiger partial charge in [-0.25, -0.2) is 14.2 Å². The first kappa shape index (κ1) is 16.5. The molecule has 3 N–H and O–H groups in total. The Labute approximate surface area is 129 Å². The van der Waals surface area contributed by atoms with E-state index in [0.717, 1.165) is 6.20 Å². The maximum absolute atomic E-state index is 13.1. The van der Waals surface area contributed by atoms with Crippen LogP contribution in [-0.4, -0.2) is 28.8 Å². The Morgan fingerprint density at radius 1 is 1.50 bits per heavy atom. The van der Waals surface area contributed by atoms with Crippen molar-refractivity contribution in [2.75, 3.05) is 0 Å². The van der Waals surface area contributed by atoms with Crippen LogP contribution in [-0.2, 0) is 11.3 Å². The first-order chi connectivity index (χ1) is 10.3. The number of alkyl carbamates (subject to hydrolysis) is 1. The molecule has 6 nitrogen and oxygen atoms in total. The lowest BCUT2D eigenvalue weighted by Gasteiger charge is -2.36. The zero-order valence-electron chi connectivity index (χ0n) is 13.1. The minimum absolute atomic E-state index is 0.0154. The molecule has 1 aromatic heterocycles. The van der Waals surface area contributed by atoms with Crippen LogP contribution in [0, 0.1) is 5.82 Å². The summed E-state index contributed by atoms with van der Waals surface area (Å²) in [4.78, 5) is 15.5. The fourth-order valence-electron chi connectivity index (χ4n) is 2.13. The van der Waals surface area contributed by atoms with Crippen molar-refractivity contribution in [2.24, 2.45) is 5.73 Å². The van der Waals surface area contributed by atoms with E-state index in [2.05, 4.69) is 10.3 Å². The van der Waals surface area contributed by atoms with Crippen molar-refractivity contribution in [3.63, 3.8) is 0 Å². The number of carbonyl (C=O) groups is 1. The molecule has 122 valence electrons. The molecule has 22 heavy (non-hydrogen) atoms. The molecule has 1 fully saturated rings. The van der Waals surface area contributed by atoms with Gasteiger partial charge in [-0.2, -0.15) is 0 Å². The summed E-state index contributed by atoms with van der Waals surface area (Å²) in [6.45, 7) is 5.60. The van der Waals surface area contributed by atoms with E-state index >= 15 is 0 Å². The van der Waals surface area contributed by atoms with Crippen molar-refractivity contribution in [1.82, 2.24) is 10.3 Å². The van der Waals surface area contributed by atoms with E-state index in [9.17, 15) is 9.18 Å². The van der Waals surface area contributed by atoms with Gasteiger partial charge in [0.1, 0.15) is 17.5 Å². The first-order valence-corrected chi connectivity index (χ1v) is 7.27. The Kier molecular flexibility index (Phi) is 4.85. The minimum atomic E-state index is -0.516. The predicted octanol–water partition coefficient (Wildman–Crippen LogP) is 2.11. The van der Waals surface area contributed by atoms with E-state index in [-0.39, 0.29) is 18.7 Å². The minimum Gasteiger partial charge on any atom is -0.474 e. The molecule has 0 atom stereocenters. The molecule has 0 unspecified atom stereocenters. The third-order valence-corrected chi connectivity index (χ3v) is 3.21. The third kappa shape index (κ3) is 4.56. The van der Waals surface area contributed by atoms with Crippen LogP contribution in [0.25, 0.3) is 0 Å². The number of rotatable bonds is 4. The lowest BCUT2D eigenvalue weighted by Crippen LogP contribution is -2.50. The smallest absolute Gasteiger partial charge is 0.407 e. The average molecular weight is 311 g/mol. The Hall–Kier alpha value is -1.89. The molecule has 0 radical (unpaired) electrons. The number of hydrogen-bond acceptors (Lipinski definition) is 5. The normalized spacial score (nSPS) is 21.0. The molecule has 1 aliphatic carbocycles. The molecule has 1 saturated carbocycles. The highest BCUT2D eigenvalue weighted by Crippen LogP contribution is 2.27. The van der Waals surface area contributed by atoms with E-state index in [1.54, 1.807) is 0 Å². The summed E-state index contributed by atoms with van der Waals surface area (Å²) in [6, 6.07) is 1.33. The summed E-state index contributed by atoms with van der Waals surface area (Å²) in [6.07, 6.45) is 1.91. The molecule has 0 saturated heterocycles. The number of carbonyl (C=O) groups excluding carboxylic acids is 1. The van der Waals surface area contributed by atoms with E-state index in [1.807, 2.05) is 20.8 Å². The highest BCUT2D eigenvalue weighted by molar-refractivity contribution is 5.68. The summed E-state index contributed by atoms with van der Waals surface area (Å²) in [5.41, 5.74) is 5.56. The number of nitrogens with two attached hydrogens (primary N) is 1. The lowest BCUT2D eigenvalue weighted by molar-refractivity contribution is 0.0352. The number of nitrogens with zero attached hydrogens (tertiary/aromatic N) is 1. The monoisotopic (exact) mass is 311 g/mol. The second-order valence-corrected chi connectivity index (χ2v) is 6.38. The van der Waals surface area contributed by atoms with Crippen molar-refractivity contribution in [2.45, 2.75) is 57.9 Å². The van der Waals surface area contributed by atoms with Crippen LogP contribution in [0.1, 0.15) is 39.2 Å². The van der Waals surface area contributed by atoms with Gasteiger partial charge >= 0.3 is 6.09 Å². The highest BCUT2D eigenvalue weighted by Gasteiger charge is 2.33. The maximum Gasteiger partial charge on any atom is 0.407 e. The van der Waals surface area contributed by atoms with Crippen LogP contribution >= 0.6 is 0 Å². The van der Waals surface area contributed by atoms with Gasteiger partial charge < -0.3 is 20.5 Å². The largest absolute Gasteiger partial charge is 0.474 e. The summed E-state index contributed by atoms with van der Waals surface area (Å²) in [7, 11) is 0. The zero-order chi connectivity index (χ0) is 16.3. The van der Waals surface area contributed by atoms with Gasteiger partial charge in [0.2, 0.25) is 5.88 Å². The van der Waals surface area contributed by atoms with Gasteiger partial charge in [-0.3, -0.25) is 0 Å². The van der Waals surface area contributed by atoms with Gasteiger partial charge in [0.05, 0.1) is 6.20 Å². The van der Waals surface area contributed by atoms with Gasteiger partial charge in [0.25, 0.3) is 0 Å². The standard InChI is InChI=1S/C15H22FN3O3/c1-15(2,3)22-14(20)19-11-5-12(6-11)21-13-9(7-17)4-10(16)8-18-13/h4,8,11-12H,5-7,17H2,1-3H3,(H,19,20)/t11-,12+. The van der Waals surface area contributed by atoms with Crippen molar-refractivity contribution < 1.29 is 18.7 Å². The SMILES string of the molecule is CC(C)(C)OC(=O)N[C@H]1C[C@@H](Oc2ncc(F)cc2CN)C1. The first-order valence-electron chi connectivity index (χ1n) is 7.27. The molecule has 0 aliphatic heterocycles. The molecule has 0 aromatic carbocycles. The number of amides is 1. The molecule has 1 aromatic rings. The van der Waals surface area contributed by atoms with Crippen molar-refractivity contribution in [3.8, 4) is 5.88 Å². The quantitative estimate of drug-likeness (QED) is 0.889. The Balaban J connectivity index is 1.79. The lowest BCUT2D eigenvalue weighted by atomic mass is 9.89. The summed E-state index contributed by atoms with van der Waals surface area (Å²) < 4.78 is 23.9. The number of halogens is 1. The highest BCUT2D eigenvalue weighted by atomic mass is 19.1. The van der Waals surface area contributed by atoms with Gasteiger partial charge in [0, 0.05) is 31.0 Å². The molecular weight excluding hydrogens is 289 g/mol. The summed E-state index contributed by atoms with van der Waals surface area (Å²) in [5, 5.41) is 2.78. The third-order valence-electron chi connectivity index (χ3n) is 3.21. The van der Waals surface area contributed by atoms with Crippen LogP contribution in [0.4, 0.5) is 9.18 Å². The van der Waals surface area contributed by atoms with Crippen LogP contribution < -0.4 is 15.8 Å². The van der Waals surface area contributed by atoms with Crippen molar-refractivity contribution in [3.05, 3.63) is 23.6 Å². The summed E-state index contributed by atoms with van der Waals surface area (Å²) in [5.74, 6) is -0.0875. The van der Waals surface area contributed by atoms with Crippen LogP contribution in [0.15, 0.2) is 12.3 Å². The zero-order valence-corrected chi connectivity index (χ0v) is 13.1. The number of hydrogen-bond donors (Lipinski definition) is 2. The molecule has 7 heteroatoms. The number of aromatic nitrogens is 1. The molecule has 1 aliphatic rings. The van der Waals surface area contributed by atoms with E-state index in [1.165, 1.54) is 6.07 Å². The number of ether oxygens (including phenoxy) is 2. The van der Waals surface area contributed by atoms with Gasteiger partial charge in [-0.15, -0.1) is 0 Å². The second kappa shape index (κ2) is 6.48. The maximum atomic E-state index is 13.1. The Morgan fingerprint density at radius 3 is 2.77 bits per heavy atom. The topological polar surface area (TPSA) is 86.5 Å². The van der Waals surface area contributed by atoms with Crippen molar-refractivity contribution >= 4 is 6.09 Å². The van der Waals surface area contributed by atoms with E-state index < -0.39 is 17.5 Å². The molecule has 0 spiro atoms. The number of nitrogens with one attached hydrogen (secondary N) is 1. The van der Waals surface area contributed by atoms with Crippen molar-refractivity contribution in [1.29, 1.82) is 0 Å². The Morgan fingerprint density at radius 2 is 2.18 bits per heavy atom. The second-order valence-electron chi connectivity index (χ2n) is 6.38. The van der Waals surface area contributed by atoms with Crippen LogP contribution in [0.2, 0.25) is 0 Å². The van der Waals surface area contributed by atoms with E-state index in [0.29, 0.717) is 24.3 Å². The van der Waals surface area contributed by atoms with Gasteiger partial charge in [0.15, 0.2) is 0 Å². The fourth-order valence-corrected chi connectivity index (χ4v) is 2.13. The Bertz CT molecular complexity index is 539. The van der Waals surface area contributed by atoms with Crippen LogP contribution in [0.3, 0.4) is 0 Å². The predicted molar refractivity (Wildman–Crippen MR) is 78.9 cm³/mol. The molecular formula is C15H22FN3O3. The average Bonchev–Trinajstić information content (AvgIpc) is 2.35. The molecule has 0 bridgehead atoms. The molecule has 1 amide bonds.